The van der Waals surface area contributed by atoms with Gasteiger partial charge in [0.1, 0.15) is 12.6 Å². The highest BCUT2D eigenvalue weighted by molar-refractivity contribution is 5.95. The smallest absolute Gasteiger partial charge is 0.323 e. The van der Waals surface area contributed by atoms with Crippen molar-refractivity contribution >= 4 is 17.9 Å². The number of nitrogens with one attached hydrogen (secondary N) is 1. The number of benzene rings is 4. The molecule has 0 saturated carbocycles. The van der Waals surface area contributed by atoms with Crippen molar-refractivity contribution in [3.8, 4) is 0 Å². The topological polar surface area (TPSA) is 90.9 Å². The highest BCUT2D eigenvalue weighted by atomic mass is 16.5. The summed E-state index contributed by atoms with van der Waals surface area (Å²) in [6.07, 6.45) is -0.249. The molecule has 4 rings (SSSR count). The van der Waals surface area contributed by atoms with Gasteiger partial charge < -0.3 is 14.2 Å². The first kappa shape index (κ1) is 29.2. The second-order valence-electron chi connectivity index (χ2n) is 9.47. The van der Waals surface area contributed by atoms with Crippen LogP contribution in [-0.4, -0.2) is 38.2 Å². The molecular weight excluding hydrogens is 518 g/mol. The van der Waals surface area contributed by atoms with Gasteiger partial charge in [0.05, 0.1) is 19.8 Å². The zero-order valence-corrected chi connectivity index (χ0v) is 23.1. The molecule has 0 unspecified atom stereocenters. The average Bonchev–Trinajstić information content (AvgIpc) is 3.05. The minimum atomic E-state index is -1.35. The van der Waals surface area contributed by atoms with Gasteiger partial charge in [-0.1, -0.05) is 121 Å². The van der Waals surface area contributed by atoms with Gasteiger partial charge in [-0.15, -0.1) is 0 Å². The highest BCUT2D eigenvalue weighted by Gasteiger charge is 2.43. The Morgan fingerprint density at radius 2 is 1.00 bits per heavy atom. The zero-order chi connectivity index (χ0) is 29.1. The van der Waals surface area contributed by atoms with Crippen molar-refractivity contribution in [2.75, 3.05) is 14.2 Å². The number of hydrogen-bond acceptors (Lipinski definition) is 7. The normalized spacial score (nSPS) is 11.9. The number of carbonyl (C=O) groups excluding carboxylic acids is 3. The van der Waals surface area contributed by atoms with E-state index in [1.165, 1.54) is 14.2 Å². The van der Waals surface area contributed by atoms with Crippen LogP contribution in [0.25, 0.3) is 0 Å². The summed E-state index contributed by atoms with van der Waals surface area (Å²) in [5.74, 6) is -3.58. The van der Waals surface area contributed by atoms with Gasteiger partial charge in [0.25, 0.3) is 0 Å². The lowest BCUT2D eigenvalue weighted by molar-refractivity contribution is -0.160. The van der Waals surface area contributed by atoms with Gasteiger partial charge in [0.2, 0.25) is 0 Å². The molecule has 0 spiro atoms. The van der Waals surface area contributed by atoms with Crippen molar-refractivity contribution in [2.24, 2.45) is 5.92 Å². The van der Waals surface area contributed by atoms with Crippen LogP contribution in [0.3, 0.4) is 0 Å². The maximum absolute atomic E-state index is 13.9. The molecule has 0 fully saturated rings. The second-order valence-corrected chi connectivity index (χ2v) is 9.47. The van der Waals surface area contributed by atoms with Crippen molar-refractivity contribution in [3.05, 3.63) is 144 Å². The summed E-state index contributed by atoms with van der Waals surface area (Å²) >= 11 is 0. The lowest BCUT2D eigenvalue weighted by Crippen LogP contribution is -2.54. The van der Waals surface area contributed by atoms with Crippen molar-refractivity contribution in [1.82, 2.24) is 5.32 Å². The molecule has 4 aromatic carbocycles. The third-order valence-electron chi connectivity index (χ3n) is 6.96. The van der Waals surface area contributed by atoms with Crippen LogP contribution in [0, 0.1) is 5.92 Å². The molecule has 0 aliphatic rings. The molecule has 0 radical (unpaired) electrons. The molecule has 0 aliphatic heterocycles. The summed E-state index contributed by atoms with van der Waals surface area (Å²) in [4.78, 5) is 39.3. The first-order valence-electron chi connectivity index (χ1n) is 13.3. The Bertz CT molecular complexity index is 1300. The maximum Gasteiger partial charge on any atom is 0.323 e. The summed E-state index contributed by atoms with van der Waals surface area (Å²) in [7, 11) is 2.38. The van der Waals surface area contributed by atoms with Crippen LogP contribution in [-0.2, 0) is 40.7 Å². The molecule has 0 saturated heterocycles. The lowest BCUT2D eigenvalue weighted by atomic mass is 9.76. The average molecular weight is 552 g/mol. The largest absolute Gasteiger partial charge is 0.468 e. The van der Waals surface area contributed by atoms with E-state index >= 15 is 0 Å². The SMILES string of the molecule is COC(=O)C(C[C@H](NC(c1ccccc1)(c1ccccc1)c1ccccc1)C(=O)OCc1ccccc1)C(=O)OC. The molecule has 7 nitrogen and oxygen atoms in total. The van der Waals surface area contributed by atoms with Gasteiger partial charge in [-0.25, -0.2) is 0 Å². The first-order valence-corrected chi connectivity index (χ1v) is 13.3. The molecule has 1 atom stereocenters. The van der Waals surface area contributed by atoms with E-state index < -0.39 is 35.4 Å². The van der Waals surface area contributed by atoms with Crippen molar-refractivity contribution in [3.63, 3.8) is 0 Å². The summed E-state index contributed by atoms with van der Waals surface area (Å²) in [6, 6.07) is 37.3. The van der Waals surface area contributed by atoms with Gasteiger partial charge in [0, 0.05) is 0 Å². The van der Waals surface area contributed by atoms with Crippen LogP contribution in [0.15, 0.2) is 121 Å². The number of rotatable bonds is 12. The fraction of sp³-hybridized carbons (Fsp3) is 0.206. The minimum Gasteiger partial charge on any atom is -0.468 e. The van der Waals surface area contributed by atoms with E-state index in [0.29, 0.717) is 0 Å². The fourth-order valence-corrected chi connectivity index (χ4v) is 4.93. The van der Waals surface area contributed by atoms with Crippen molar-refractivity contribution in [1.29, 1.82) is 0 Å². The standard InChI is InChI=1S/C34H33NO6/c1-39-31(36)29(32(37)40-2)23-30(33(38)41-24-25-15-7-3-8-16-25)35-34(26-17-9-4-10-18-26,27-19-11-5-12-20-27)28-21-13-6-14-22-28/h3-22,29-30,35H,23-24H2,1-2H3/t30-/m0/s1. The Hall–Kier alpha value is -4.75. The minimum absolute atomic E-state index is 0.0218. The van der Waals surface area contributed by atoms with E-state index in [-0.39, 0.29) is 13.0 Å². The van der Waals surface area contributed by atoms with Gasteiger partial charge in [-0.2, -0.15) is 0 Å². The number of esters is 3. The molecule has 0 amide bonds. The third kappa shape index (κ3) is 6.88. The fourth-order valence-electron chi connectivity index (χ4n) is 4.93. The predicted octanol–water partition coefficient (Wildman–Crippen LogP) is 5.03. The van der Waals surface area contributed by atoms with Crippen LogP contribution in [0.2, 0.25) is 0 Å². The van der Waals surface area contributed by atoms with Crippen LogP contribution >= 0.6 is 0 Å². The molecule has 0 heterocycles. The van der Waals surface area contributed by atoms with Crippen LogP contribution in [0.5, 0.6) is 0 Å². The van der Waals surface area contributed by atoms with E-state index in [1.807, 2.05) is 121 Å². The van der Waals surface area contributed by atoms with Gasteiger partial charge in [0.15, 0.2) is 5.92 Å². The third-order valence-corrected chi connectivity index (χ3v) is 6.96. The van der Waals surface area contributed by atoms with Gasteiger partial charge >= 0.3 is 17.9 Å². The van der Waals surface area contributed by atoms with Crippen LogP contribution in [0.1, 0.15) is 28.7 Å². The lowest BCUT2D eigenvalue weighted by Gasteiger charge is -2.40. The predicted molar refractivity (Wildman–Crippen MR) is 155 cm³/mol. The monoisotopic (exact) mass is 551 g/mol. The Kier molecular flexibility index (Phi) is 10.0. The highest BCUT2D eigenvalue weighted by Crippen LogP contribution is 2.38. The Morgan fingerprint density at radius 3 is 1.39 bits per heavy atom. The molecular formula is C34H33NO6. The summed E-state index contributed by atoms with van der Waals surface area (Å²) < 4.78 is 15.6. The van der Waals surface area contributed by atoms with E-state index in [1.54, 1.807) is 0 Å². The van der Waals surface area contributed by atoms with Gasteiger partial charge in [-0.3, -0.25) is 19.7 Å². The number of methoxy groups -OCH3 is 2. The maximum atomic E-state index is 13.9. The van der Waals surface area contributed by atoms with Gasteiger partial charge in [-0.05, 0) is 28.7 Å². The Labute approximate surface area is 240 Å². The van der Waals surface area contributed by atoms with E-state index in [9.17, 15) is 14.4 Å². The summed E-state index contributed by atoms with van der Waals surface area (Å²) in [6.45, 7) is 0.0218. The number of ether oxygens (including phenoxy) is 3. The second kappa shape index (κ2) is 14.1. The molecule has 0 aliphatic carbocycles. The molecule has 0 bridgehead atoms. The summed E-state index contributed by atoms with van der Waals surface area (Å²) in [5, 5.41) is 3.55. The van der Waals surface area contributed by atoms with E-state index in [2.05, 4.69) is 5.32 Å². The zero-order valence-electron chi connectivity index (χ0n) is 23.1. The van der Waals surface area contributed by atoms with Crippen LogP contribution in [0.4, 0.5) is 0 Å². The molecule has 4 aromatic rings. The van der Waals surface area contributed by atoms with E-state index in [4.69, 9.17) is 14.2 Å². The van der Waals surface area contributed by atoms with Crippen LogP contribution < -0.4 is 5.32 Å². The first-order chi connectivity index (χ1) is 20.0. The Balaban J connectivity index is 1.85. The molecule has 1 N–H and O–H groups in total. The molecule has 0 aromatic heterocycles. The molecule has 210 valence electrons. The number of hydrogen-bond donors (Lipinski definition) is 1. The quantitative estimate of drug-likeness (QED) is 0.114. The van der Waals surface area contributed by atoms with E-state index in [0.717, 1.165) is 22.3 Å². The van der Waals surface area contributed by atoms with Crippen molar-refractivity contribution < 1.29 is 28.6 Å². The van der Waals surface area contributed by atoms with Crippen molar-refractivity contribution in [2.45, 2.75) is 24.6 Å². The molecule has 41 heavy (non-hydrogen) atoms. The molecule has 7 heteroatoms. The number of carbonyl (C=O) groups is 3. The Morgan fingerprint density at radius 1 is 0.610 bits per heavy atom. The summed E-state index contributed by atoms with van der Waals surface area (Å²) in [5.41, 5.74) is 2.30.